The lowest BCUT2D eigenvalue weighted by atomic mass is 10.1. The Morgan fingerprint density at radius 2 is 2.06 bits per heavy atom. The number of ether oxygens (including phenoxy) is 2. The third-order valence-electron chi connectivity index (χ3n) is 4.92. The number of aryl methyl sites for hydroxylation is 1. The zero-order valence-electron chi connectivity index (χ0n) is 18.0. The van der Waals surface area contributed by atoms with Crippen LogP contribution in [-0.2, 0) is 6.42 Å². The Morgan fingerprint density at radius 1 is 1.16 bits per heavy atom. The van der Waals surface area contributed by atoms with Crippen LogP contribution in [0.15, 0.2) is 48.9 Å². The third-order valence-corrected chi connectivity index (χ3v) is 4.92. The summed E-state index contributed by atoms with van der Waals surface area (Å²) in [6.45, 7) is 2.99. The minimum Gasteiger partial charge on any atom is -0.493 e. The quantitative estimate of drug-likeness (QED) is 0.390. The summed E-state index contributed by atoms with van der Waals surface area (Å²) in [6.07, 6.45) is 4.66. The number of nitrogens with zero attached hydrogens (tertiary/aromatic N) is 4. The fourth-order valence-corrected chi connectivity index (χ4v) is 3.32. The summed E-state index contributed by atoms with van der Waals surface area (Å²) in [6, 6.07) is 11.0. The molecule has 0 spiro atoms. The molecule has 1 aromatic carbocycles. The molecule has 4 rings (SSSR count). The molecule has 0 saturated heterocycles. The number of aromatic nitrogens is 5. The number of fused-ring (bicyclic) bond motifs is 1. The van der Waals surface area contributed by atoms with Gasteiger partial charge in [-0.25, -0.2) is 15.0 Å². The Balaban J connectivity index is 1.55. The van der Waals surface area contributed by atoms with Crippen molar-refractivity contribution < 1.29 is 14.3 Å². The van der Waals surface area contributed by atoms with Gasteiger partial charge in [-0.15, -0.1) is 0 Å². The van der Waals surface area contributed by atoms with Gasteiger partial charge in [0.15, 0.2) is 0 Å². The van der Waals surface area contributed by atoms with Crippen LogP contribution >= 0.6 is 0 Å². The van der Waals surface area contributed by atoms with Crippen LogP contribution in [0.4, 0.5) is 0 Å². The molecular weight excluding hydrogens is 408 g/mol. The molecule has 9 heteroatoms. The second-order valence-corrected chi connectivity index (χ2v) is 7.05. The molecule has 1 amide bonds. The summed E-state index contributed by atoms with van der Waals surface area (Å²) >= 11 is 0. The molecule has 0 aliphatic rings. The van der Waals surface area contributed by atoms with Gasteiger partial charge in [-0.2, -0.15) is 5.10 Å². The van der Waals surface area contributed by atoms with Gasteiger partial charge in [0, 0.05) is 47.8 Å². The maximum atomic E-state index is 12.7. The van der Waals surface area contributed by atoms with E-state index in [0.717, 1.165) is 29.6 Å². The number of pyridine rings is 2. The van der Waals surface area contributed by atoms with Gasteiger partial charge in [0.2, 0.25) is 5.88 Å². The lowest BCUT2D eigenvalue weighted by Crippen LogP contribution is -2.24. The van der Waals surface area contributed by atoms with E-state index in [0.29, 0.717) is 41.6 Å². The molecule has 3 aromatic heterocycles. The molecule has 0 aliphatic carbocycles. The lowest BCUT2D eigenvalue weighted by Gasteiger charge is -2.12. The number of hydrogen-bond donors (Lipinski definition) is 2. The maximum absolute atomic E-state index is 12.7. The van der Waals surface area contributed by atoms with Gasteiger partial charge in [-0.3, -0.25) is 9.89 Å². The van der Waals surface area contributed by atoms with Crippen LogP contribution in [0.25, 0.3) is 22.2 Å². The lowest BCUT2D eigenvalue weighted by molar-refractivity contribution is 0.0953. The number of hydrogen-bond acceptors (Lipinski definition) is 7. The second kappa shape index (κ2) is 9.86. The van der Waals surface area contributed by atoms with E-state index in [9.17, 15) is 4.79 Å². The number of H-pyrrole nitrogens is 1. The van der Waals surface area contributed by atoms with Crippen molar-refractivity contribution in [3.63, 3.8) is 0 Å². The highest BCUT2D eigenvalue weighted by atomic mass is 16.5. The van der Waals surface area contributed by atoms with Gasteiger partial charge in [-0.1, -0.05) is 0 Å². The third kappa shape index (κ3) is 4.83. The monoisotopic (exact) mass is 432 g/mol. The van der Waals surface area contributed by atoms with E-state index in [1.54, 1.807) is 31.5 Å². The minimum absolute atomic E-state index is 0.152. The first-order valence-electron chi connectivity index (χ1n) is 10.4. The second-order valence-electron chi connectivity index (χ2n) is 7.05. The van der Waals surface area contributed by atoms with E-state index in [1.807, 2.05) is 25.1 Å². The zero-order chi connectivity index (χ0) is 22.3. The summed E-state index contributed by atoms with van der Waals surface area (Å²) in [5, 5.41) is 10.4. The number of methoxy groups -OCH3 is 1. The van der Waals surface area contributed by atoms with E-state index in [1.165, 1.54) is 6.33 Å². The molecule has 32 heavy (non-hydrogen) atoms. The summed E-state index contributed by atoms with van der Waals surface area (Å²) < 4.78 is 11.0. The van der Waals surface area contributed by atoms with Gasteiger partial charge >= 0.3 is 0 Å². The minimum atomic E-state index is -0.152. The van der Waals surface area contributed by atoms with E-state index in [2.05, 4.69) is 25.5 Å². The average molecular weight is 432 g/mol. The highest BCUT2D eigenvalue weighted by molar-refractivity contribution is 5.99. The molecule has 0 saturated carbocycles. The van der Waals surface area contributed by atoms with Crippen molar-refractivity contribution in [1.82, 2.24) is 30.5 Å². The van der Waals surface area contributed by atoms with Crippen molar-refractivity contribution in [3.05, 3.63) is 60.3 Å². The number of carbonyl (C=O) groups is 1. The predicted octanol–water partition coefficient (Wildman–Crippen LogP) is 3.18. The van der Waals surface area contributed by atoms with Gasteiger partial charge in [0.05, 0.1) is 24.9 Å². The summed E-state index contributed by atoms with van der Waals surface area (Å²) in [7, 11) is 1.57. The Kier molecular flexibility index (Phi) is 6.54. The first kappa shape index (κ1) is 21.2. The van der Waals surface area contributed by atoms with E-state index < -0.39 is 0 Å². The van der Waals surface area contributed by atoms with Gasteiger partial charge in [0.1, 0.15) is 17.9 Å². The number of aromatic amines is 1. The normalized spacial score (nSPS) is 10.8. The fourth-order valence-electron chi connectivity index (χ4n) is 3.32. The van der Waals surface area contributed by atoms with Crippen LogP contribution in [0, 0.1) is 0 Å². The van der Waals surface area contributed by atoms with Crippen molar-refractivity contribution in [2.45, 2.75) is 19.8 Å². The van der Waals surface area contributed by atoms with Crippen LogP contribution < -0.4 is 14.8 Å². The van der Waals surface area contributed by atoms with Crippen molar-refractivity contribution in [3.8, 4) is 22.9 Å². The Labute approximate surface area is 185 Å². The Morgan fingerprint density at radius 3 is 2.78 bits per heavy atom. The molecule has 0 aliphatic heterocycles. The van der Waals surface area contributed by atoms with Gasteiger partial charge < -0.3 is 14.8 Å². The first-order valence-corrected chi connectivity index (χ1v) is 10.4. The van der Waals surface area contributed by atoms with Gasteiger partial charge in [-0.05, 0) is 37.6 Å². The van der Waals surface area contributed by atoms with Crippen LogP contribution in [0.3, 0.4) is 0 Å². The number of carbonyl (C=O) groups excluding carboxylic acids is 1. The van der Waals surface area contributed by atoms with Crippen LogP contribution in [0.1, 0.15) is 29.5 Å². The van der Waals surface area contributed by atoms with E-state index in [-0.39, 0.29) is 5.91 Å². The molecule has 9 nitrogen and oxygen atoms in total. The SMILES string of the molecule is CCOc1cc(-c2ccc(OC)nc2)nc2cc(C(=O)NCCCc3ncn[nH]3)ccc12. The fraction of sp³-hybridized carbons (Fsp3) is 0.261. The van der Waals surface area contributed by atoms with Crippen LogP contribution in [-0.4, -0.2) is 51.3 Å². The molecule has 0 unspecified atom stereocenters. The maximum Gasteiger partial charge on any atom is 0.251 e. The molecule has 0 radical (unpaired) electrons. The van der Waals surface area contributed by atoms with Crippen LogP contribution in [0.2, 0.25) is 0 Å². The highest BCUT2D eigenvalue weighted by Gasteiger charge is 2.13. The van der Waals surface area contributed by atoms with E-state index >= 15 is 0 Å². The van der Waals surface area contributed by atoms with Crippen molar-refractivity contribution in [2.75, 3.05) is 20.3 Å². The van der Waals surface area contributed by atoms with Crippen LogP contribution in [0.5, 0.6) is 11.6 Å². The van der Waals surface area contributed by atoms with Crippen molar-refractivity contribution in [1.29, 1.82) is 0 Å². The molecule has 0 bridgehead atoms. The van der Waals surface area contributed by atoms with Crippen molar-refractivity contribution >= 4 is 16.8 Å². The highest BCUT2D eigenvalue weighted by Crippen LogP contribution is 2.31. The smallest absolute Gasteiger partial charge is 0.251 e. The molecule has 4 aromatic rings. The predicted molar refractivity (Wildman–Crippen MR) is 120 cm³/mol. The summed E-state index contributed by atoms with van der Waals surface area (Å²) in [4.78, 5) is 25.8. The van der Waals surface area contributed by atoms with Crippen molar-refractivity contribution in [2.24, 2.45) is 0 Å². The standard InChI is InChI=1S/C23H24N6O3/c1-3-32-20-12-18(16-7-9-22(31-2)25-13-16)28-19-11-15(6-8-17(19)20)23(30)24-10-4-5-21-26-14-27-29-21/h6-9,11-14H,3-5,10H2,1-2H3,(H,24,30)(H,26,27,29). The Bertz CT molecular complexity index is 1190. The summed E-state index contributed by atoms with van der Waals surface area (Å²) in [5.74, 6) is 1.89. The molecule has 3 heterocycles. The number of rotatable bonds is 9. The number of amides is 1. The molecule has 0 atom stereocenters. The number of benzene rings is 1. The zero-order valence-corrected chi connectivity index (χ0v) is 18.0. The van der Waals surface area contributed by atoms with Gasteiger partial charge in [0.25, 0.3) is 5.91 Å². The molecular formula is C23H24N6O3. The average Bonchev–Trinajstić information content (AvgIpc) is 3.35. The summed E-state index contributed by atoms with van der Waals surface area (Å²) in [5.41, 5.74) is 2.75. The topological polar surface area (TPSA) is 115 Å². The molecule has 164 valence electrons. The largest absolute Gasteiger partial charge is 0.493 e. The number of nitrogens with one attached hydrogen (secondary N) is 2. The molecule has 2 N–H and O–H groups in total. The molecule has 0 fully saturated rings. The van der Waals surface area contributed by atoms with E-state index in [4.69, 9.17) is 14.5 Å². The first-order chi connectivity index (χ1) is 15.7. The Hall–Kier alpha value is -4.01.